The second-order valence-electron chi connectivity index (χ2n) is 14.5. The van der Waals surface area contributed by atoms with Crippen LogP contribution in [0, 0.1) is 45.3 Å². The SMILES string of the molecule is C[C@H](CC[C@H](O)C(C)(C)O)[C@H]1CC[C@]2(C)C1=CC[C@H]1[C@@]3(C)CC[C@H](O)C(C)(C)[C@@H]3CC[C@]12C. The largest absolute Gasteiger partial charge is 0.393 e. The molecule has 9 atom stereocenters. The fourth-order valence-corrected chi connectivity index (χ4v) is 9.69. The zero-order chi connectivity index (χ0) is 24.6. The number of fused-ring (bicyclic) bond motifs is 5. The zero-order valence-electron chi connectivity index (χ0n) is 22.7. The molecule has 190 valence electrons. The smallest absolute Gasteiger partial charge is 0.0849 e. The highest BCUT2D eigenvalue weighted by Gasteiger charge is 2.66. The van der Waals surface area contributed by atoms with Gasteiger partial charge in [0.1, 0.15) is 0 Å². The van der Waals surface area contributed by atoms with Crippen LogP contribution in [-0.2, 0) is 0 Å². The molecule has 0 amide bonds. The molecular formula is C30H52O3. The van der Waals surface area contributed by atoms with Gasteiger partial charge in [-0.2, -0.15) is 0 Å². The lowest BCUT2D eigenvalue weighted by atomic mass is 9.37. The third kappa shape index (κ3) is 3.70. The average Bonchev–Trinajstić information content (AvgIpc) is 3.07. The van der Waals surface area contributed by atoms with E-state index in [1.54, 1.807) is 19.4 Å². The average molecular weight is 461 g/mol. The van der Waals surface area contributed by atoms with Crippen LogP contribution in [-0.4, -0.2) is 33.1 Å². The molecule has 0 saturated heterocycles. The molecule has 0 aromatic carbocycles. The van der Waals surface area contributed by atoms with Crippen molar-refractivity contribution in [2.24, 2.45) is 45.3 Å². The van der Waals surface area contributed by atoms with E-state index >= 15 is 0 Å². The summed E-state index contributed by atoms with van der Waals surface area (Å²) in [6, 6.07) is 0. The fourth-order valence-electron chi connectivity index (χ4n) is 9.69. The summed E-state index contributed by atoms with van der Waals surface area (Å²) in [5, 5.41) is 31.4. The van der Waals surface area contributed by atoms with Crippen molar-refractivity contribution in [3.63, 3.8) is 0 Å². The molecule has 4 aliphatic carbocycles. The van der Waals surface area contributed by atoms with Gasteiger partial charge in [-0.25, -0.2) is 0 Å². The van der Waals surface area contributed by atoms with Gasteiger partial charge in [-0.05, 0) is 117 Å². The van der Waals surface area contributed by atoms with E-state index in [0.29, 0.717) is 40.9 Å². The van der Waals surface area contributed by atoms with E-state index in [0.717, 1.165) is 19.3 Å². The third-order valence-electron chi connectivity index (χ3n) is 12.3. The maximum absolute atomic E-state index is 10.8. The molecule has 0 radical (unpaired) electrons. The summed E-state index contributed by atoms with van der Waals surface area (Å²) in [6.45, 7) is 18.2. The van der Waals surface area contributed by atoms with Crippen LogP contribution in [0.5, 0.6) is 0 Å². The Morgan fingerprint density at radius 1 is 0.970 bits per heavy atom. The van der Waals surface area contributed by atoms with Gasteiger partial charge in [-0.15, -0.1) is 0 Å². The summed E-state index contributed by atoms with van der Waals surface area (Å²) < 4.78 is 0. The monoisotopic (exact) mass is 460 g/mol. The second-order valence-corrected chi connectivity index (χ2v) is 14.5. The summed E-state index contributed by atoms with van der Waals surface area (Å²) >= 11 is 0. The first-order valence-corrected chi connectivity index (χ1v) is 13.9. The predicted octanol–water partition coefficient (Wildman–Crippen LogP) is 6.50. The summed E-state index contributed by atoms with van der Waals surface area (Å²) in [7, 11) is 0. The Labute approximate surface area is 203 Å². The molecule has 3 fully saturated rings. The highest BCUT2D eigenvalue weighted by atomic mass is 16.3. The van der Waals surface area contributed by atoms with E-state index < -0.39 is 11.7 Å². The highest BCUT2D eigenvalue weighted by Crippen LogP contribution is 2.74. The first-order chi connectivity index (χ1) is 15.1. The Kier molecular flexibility index (Phi) is 6.28. The summed E-state index contributed by atoms with van der Waals surface area (Å²) in [6.07, 6.45) is 11.8. The number of hydrogen-bond donors (Lipinski definition) is 3. The van der Waals surface area contributed by atoms with Crippen LogP contribution in [0.15, 0.2) is 11.6 Å². The van der Waals surface area contributed by atoms with Crippen LogP contribution in [0.1, 0.15) is 113 Å². The summed E-state index contributed by atoms with van der Waals surface area (Å²) in [5.74, 6) is 2.43. The highest BCUT2D eigenvalue weighted by molar-refractivity contribution is 5.32. The topological polar surface area (TPSA) is 60.7 Å². The standard InChI is InChI=1S/C30H52O3/c1-19(9-12-25(32)27(4,5)33)20-13-17-29(7)21(20)10-11-23-28(6)16-15-24(31)26(2,3)22(28)14-18-30(23,29)8/h10,19-20,22-25,31-33H,9,11-18H2,1-8H3/t19-,20-,22+,23+,24+,25+,28+,29-,30-/m1/s1. The zero-order valence-corrected chi connectivity index (χ0v) is 22.7. The predicted molar refractivity (Wildman–Crippen MR) is 136 cm³/mol. The van der Waals surface area contributed by atoms with E-state index in [2.05, 4.69) is 47.6 Å². The van der Waals surface area contributed by atoms with Crippen LogP contribution < -0.4 is 0 Å². The maximum atomic E-state index is 10.8. The van der Waals surface area contributed by atoms with Crippen molar-refractivity contribution in [2.45, 2.75) is 131 Å². The van der Waals surface area contributed by atoms with Crippen LogP contribution >= 0.6 is 0 Å². The van der Waals surface area contributed by atoms with E-state index in [1.807, 2.05) is 0 Å². The first kappa shape index (κ1) is 25.7. The van der Waals surface area contributed by atoms with Crippen LogP contribution in [0.4, 0.5) is 0 Å². The number of aliphatic hydroxyl groups is 3. The lowest BCUT2D eigenvalue weighted by Gasteiger charge is -2.68. The molecular weight excluding hydrogens is 408 g/mol. The number of aliphatic hydroxyl groups excluding tert-OH is 2. The number of allylic oxidation sites excluding steroid dienone is 2. The molecule has 0 heterocycles. The van der Waals surface area contributed by atoms with Gasteiger partial charge in [0.05, 0.1) is 17.8 Å². The molecule has 0 aromatic heterocycles. The minimum Gasteiger partial charge on any atom is -0.393 e. The fraction of sp³-hybridized carbons (Fsp3) is 0.933. The molecule has 3 saturated carbocycles. The lowest BCUT2D eigenvalue weighted by Crippen LogP contribution is -2.62. The Morgan fingerprint density at radius 3 is 2.27 bits per heavy atom. The minimum absolute atomic E-state index is 0.00721. The van der Waals surface area contributed by atoms with Crippen LogP contribution in [0.25, 0.3) is 0 Å². The lowest BCUT2D eigenvalue weighted by molar-refractivity contribution is -0.193. The summed E-state index contributed by atoms with van der Waals surface area (Å²) in [4.78, 5) is 0. The molecule has 0 bridgehead atoms. The van der Waals surface area contributed by atoms with Gasteiger partial charge < -0.3 is 15.3 Å². The van der Waals surface area contributed by atoms with Gasteiger partial charge in [0.15, 0.2) is 0 Å². The van der Waals surface area contributed by atoms with Crippen molar-refractivity contribution in [3.05, 3.63) is 11.6 Å². The maximum Gasteiger partial charge on any atom is 0.0849 e. The third-order valence-corrected chi connectivity index (χ3v) is 12.3. The van der Waals surface area contributed by atoms with Crippen molar-refractivity contribution in [2.75, 3.05) is 0 Å². The second kappa shape index (κ2) is 8.07. The number of rotatable bonds is 5. The van der Waals surface area contributed by atoms with Gasteiger partial charge in [0.25, 0.3) is 0 Å². The van der Waals surface area contributed by atoms with Gasteiger partial charge in [0.2, 0.25) is 0 Å². The van der Waals surface area contributed by atoms with Crippen molar-refractivity contribution in [1.29, 1.82) is 0 Å². The molecule has 0 aromatic rings. The van der Waals surface area contributed by atoms with Crippen LogP contribution in [0.3, 0.4) is 0 Å². The molecule has 4 rings (SSSR count). The van der Waals surface area contributed by atoms with Crippen molar-refractivity contribution >= 4 is 0 Å². The molecule has 3 N–H and O–H groups in total. The van der Waals surface area contributed by atoms with Crippen molar-refractivity contribution in [1.82, 2.24) is 0 Å². The van der Waals surface area contributed by atoms with Gasteiger partial charge in [-0.1, -0.05) is 53.2 Å². The normalized spacial score (nSPS) is 46.6. The van der Waals surface area contributed by atoms with E-state index in [1.165, 1.54) is 32.1 Å². The molecule has 3 nitrogen and oxygen atoms in total. The Hall–Kier alpha value is -0.380. The van der Waals surface area contributed by atoms with E-state index in [4.69, 9.17) is 0 Å². The van der Waals surface area contributed by atoms with Gasteiger partial charge in [0, 0.05) is 0 Å². The quantitative estimate of drug-likeness (QED) is 0.410. The molecule has 4 aliphatic rings. The van der Waals surface area contributed by atoms with Gasteiger partial charge in [-0.3, -0.25) is 0 Å². The first-order valence-electron chi connectivity index (χ1n) is 13.9. The minimum atomic E-state index is -1.02. The van der Waals surface area contributed by atoms with Crippen LogP contribution in [0.2, 0.25) is 0 Å². The Balaban J connectivity index is 1.59. The molecule has 0 unspecified atom stereocenters. The molecule has 0 spiro atoms. The van der Waals surface area contributed by atoms with Gasteiger partial charge >= 0.3 is 0 Å². The Bertz CT molecular complexity index is 778. The van der Waals surface area contributed by atoms with Crippen molar-refractivity contribution in [3.8, 4) is 0 Å². The molecule has 3 heteroatoms. The molecule has 33 heavy (non-hydrogen) atoms. The Morgan fingerprint density at radius 2 is 1.64 bits per heavy atom. The van der Waals surface area contributed by atoms with E-state index in [-0.39, 0.29) is 16.9 Å². The number of hydrogen-bond acceptors (Lipinski definition) is 3. The van der Waals surface area contributed by atoms with E-state index in [9.17, 15) is 15.3 Å². The summed E-state index contributed by atoms with van der Waals surface area (Å²) in [5.41, 5.74) is 1.59. The van der Waals surface area contributed by atoms with Crippen molar-refractivity contribution < 1.29 is 15.3 Å². The molecule has 0 aliphatic heterocycles.